The van der Waals surface area contributed by atoms with Crippen molar-refractivity contribution in [2.75, 3.05) is 6.54 Å². The van der Waals surface area contributed by atoms with E-state index in [-0.39, 0.29) is 0 Å². The molecule has 1 aromatic carbocycles. The van der Waals surface area contributed by atoms with Crippen LogP contribution in [0.4, 0.5) is 0 Å². The second-order valence-electron chi connectivity index (χ2n) is 4.81. The predicted molar refractivity (Wildman–Crippen MR) is 74.9 cm³/mol. The van der Waals surface area contributed by atoms with E-state index in [2.05, 4.69) is 31.8 Å². The molecule has 92 valence electrons. The summed E-state index contributed by atoms with van der Waals surface area (Å²) in [6.45, 7) is 7.12. The predicted octanol–water partition coefficient (Wildman–Crippen LogP) is 3.75. The minimum atomic E-state index is 0.474. The first-order chi connectivity index (χ1) is 8.06. The van der Waals surface area contributed by atoms with E-state index in [9.17, 15) is 0 Å². The number of aromatic amines is 1. The molecule has 2 nitrogen and oxygen atoms in total. The van der Waals surface area contributed by atoms with E-state index in [4.69, 9.17) is 17.3 Å². The number of nitrogens with one attached hydrogen (secondary N) is 1. The summed E-state index contributed by atoms with van der Waals surface area (Å²) in [4.78, 5) is 3.52. The molecule has 1 aromatic heterocycles. The van der Waals surface area contributed by atoms with Crippen molar-refractivity contribution in [3.05, 3.63) is 34.0 Å². The minimum Gasteiger partial charge on any atom is -0.358 e. The number of benzene rings is 1. The molecular formula is C14H19ClN2. The number of aromatic nitrogens is 1. The van der Waals surface area contributed by atoms with Gasteiger partial charge in [-0.05, 0) is 43.0 Å². The summed E-state index contributed by atoms with van der Waals surface area (Å²) in [6, 6.07) is 4.06. The van der Waals surface area contributed by atoms with E-state index >= 15 is 0 Å². The summed E-state index contributed by atoms with van der Waals surface area (Å²) in [5.41, 5.74) is 10.6. The molecule has 0 unspecified atom stereocenters. The van der Waals surface area contributed by atoms with Crippen LogP contribution in [0.25, 0.3) is 10.9 Å². The first-order valence-corrected chi connectivity index (χ1v) is 6.43. The van der Waals surface area contributed by atoms with Gasteiger partial charge in [-0.25, -0.2) is 0 Å². The van der Waals surface area contributed by atoms with Crippen LogP contribution in [-0.2, 0) is 6.42 Å². The smallest absolute Gasteiger partial charge is 0.0503 e. The highest BCUT2D eigenvalue weighted by Crippen LogP contribution is 2.32. The number of hydrogen-bond acceptors (Lipinski definition) is 1. The molecule has 0 aliphatic heterocycles. The minimum absolute atomic E-state index is 0.474. The van der Waals surface area contributed by atoms with Crippen molar-refractivity contribution in [1.82, 2.24) is 4.98 Å². The average molecular weight is 251 g/mol. The number of halogens is 1. The zero-order valence-electron chi connectivity index (χ0n) is 10.6. The van der Waals surface area contributed by atoms with Crippen molar-refractivity contribution in [3.63, 3.8) is 0 Å². The van der Waals surface area contributed by atoms with E-state index in [1.54, 1.807) is 0 Å². The fourth-order valence-corrected chi connectivity index (χ4v) is 2.52. The molecule has 0 bridgehead atoms. The van der Waals surface area contributed by atoms with Gasteiger partial charge in [-0.2, -0.15) is 0 Å². The van der Waals surface area contributed by atoms with Gasteiger partial charge in [-0.3, -0.25) is 0 Å². The molecule has 0 saturated carbocycles. The second kappa shape index (κ2) is 4.71. The molecular weight excluding hydrogens is 232 g/mol. The molecule has 0 aliphatic rings. The van der Waals surface area contributed by atoms with Crippen LogP contribution in [0.15, 0.2) is 12.1 Å². The number of aryl methyl sites for hydroxylation is 1. The normalized spacial score (nSPS) is 11.6. The fraction of sp³-hybridized carbons (Fsp3) is 0.429. The summed E-state index contributed by atoms with van der Waals surface area (Å²) in [5.74, 6) is 0.474. The highest BCUT2D eigenvalue weighted by molar-refractivity contribution is 6.32. The van der Waals surface area contributed by atoms with Crippen molar-refractivity contribution in [2.45, 2.75) is 33.1 Å². The molecule has 3 N–H and O–H groups in total. The van der Waals surface area contributed by atoms with Crippen LogP contribution in [0, 0.1) is 6.92 Å². The van der Waals surface area contributed by atoms with Crippen molar-refractivity contribution in [1.29, 1.82) is 0 Å². The van der Waals surface area contributed by atoms with Crippen LogP contribution in [0.5, 0.6) is 0 Å². The van der Waals surface area contributed by atoms with Gasteiger partial charge in [0.25, 0.3) is 0 Å². The van der Waals surface area contributed by atoms with Gasteiger partial charge in [-0.1, -0.05) is 31.5 Å². The van der Waals surface area contributed by atoms with Crippen molar-refractivity contribution < 1.29 is 0 Å². The summed E-state index contributed by atoms with van der Waals surface area (Å²) in [7, 11) is 0. The van der Waals surface area contributed by atoms with Crippen molar-refractivity contribution in [2.24, 2.45) is 5.73 Å². The highest BCUT2D eigenvalue weighted by Gasteiger charge is 2.15. The molecule has 0 saturated heterocycles. The molecule has 0 fully saturated rings. The SMILES string of the molecule is Cc1c(Cl)ccc2c(CCN)c(C(C)C)[nH]c12. The third-order valence-electron chi connectivity index (χ3n) is 3.28. The lowest BCUT2D eigenvalue weighted by molar-refractivity contribution is 0.809. The van der Waals surface area contributed by atoms with Crippen molar-refractivity contribution >= 4 is 22.5 Å². The van der Waals surface area contributed by atoms with Gasteiger partial charge >= 0.3 is 0 Å². The van der Waals surface area contributed by atoms with E-state index in [1.807, 2.05) is 6.07 Å². The van der Waals surface area contributed by atoms with Gasteiger partial charge in [0.05, 0.1) is 5.52 Å². The molecule has 2 aromatic rings. The Bertz CT molecular complexity index is 541. The summed E-state index contributed by atoms with van der Waals surface area (Å²) < 4.78 is 0. The molecule has 0 atom stereocenters. The maximum Gasteiger partial charge on any atom is 0.0503 e. The third kappa shape index (κ3) is 2.07. The zero-order valence-corrected chi connectivity index (χ0v) is 11.4. The molecule has 1 heterocycles. The summed E-state index contributed by atoms with van der Waals surface area (Å²) >= 11 is 6.16. The van der Waals surface area contributed by atoms with Gasteiger partial charge in [0, 0.05) is 16.1 Å². The van der Waals surface area contributed by atoms with E-state index in [0.717, 1.165) is 22.5 Å². The first kappa shape index (κ1) is 12.5. The lowest BCUT2D eigenvalue weighted by atomic mass is 10.0. The Morgan fingerprint density at radius 2 is 2.06 bits per heavy atom. The van der Waals surface area contributed by atoms with E-state index in [1.165, 1.54) is 16.6 Å². The second-order valence-corrected chi connectivity index (χ2v) is 5.21. The average Bonchev–Trinajstić information content (AvgIpc) is 2.64. The Morgan fingerprint density at radius 1 is 1.35 bits per heavy atom. The third-order valence-corrected chi connectivity index (χ3v) is 3.69. The summed E-state index contributed by atoms with van der Waals surface area (Å²) in [6.07, 6.45) is 0.911. The number of rotatable bonds is 3. The van der Waals surface area contributed by atoms with Gasteiger partial charge in [0.15, 0.2) is 0 Å². The van der Waals surface area contributed by atoms with Crippen LogP contribution < -0.4 is 5.73 Å². The Kier molecular flexibility index (Phi) is 3.45. The number of nitrogens with two attached hydrogens (primary N) is 1. The quantitative estimate of drug-likeness (QED) is 0.856. The van der Waals surface area contributed by atoms with Gasteiger partial charge in [0.1, 0.15) is 0 Å². The molecule has 0 radical (unpaired) electrons. The zero-order chi connectivity index (χ0) is 12.6. The van der Waals surface area contributed by atoms with Crippen LogP contribution >= 0.6 is 11.6 Å². The number of hydrogen-bond donors (Lipinski definition) is 2. The molecule has 0 aliphatic carbocycles. The molecule has 17 heavy (non-hydrogen) atoms. The van der Waals surface area contributed by atoms with Crippen molar-refractivity contribution in [3.8, 4) is 0 Å². The van der Waals surface area contributed by atoms with Crippen LogP contribution in [-0.4, -0.2) is 11.5 Å². The molecule has 0 spiro atoms. The lowest BCUT2D eigenvalue weighted by Gasteiger charge is -2.06. The van der Waals surface area contributed by atoms with E-state index < -0.39 is 0 Å². The standard InChI is InChI=1S/C14H19ClN2/c1-8(2)13-11(6-7-16)10-4-5-12(15)9(3)14(10)17-13/h4-5,8,17H,6-7,16H2,1-3H3. The van der Waals surface area contributed by atoms with Crippen LogP contribution in [0.3, 0.4) is 0 Å². The largest absolute Gasteiger partial charge is 0.358 e. The topological polar surface area (TPSA) is 41.8 Å². The number of H-pyrrole nitrogens is 1. The Balaban J connectivity index is 2.74. The lowest BCUT2D eigenvalue weighted by Crippen LogP contribution is -2.05. The highest BCUT2D eigenvalue weighted by atomic mass is 35.5. The Hall–Kier alpha value is -0.990. The molecule has 3 heteroatoms. The molecule has 2 rings (SSSR count). The Morgan fingerprint density at radius 3 is 2.65 bits per heavy atom. The summed E-state index contributed by atoms with van der Waals surface area (Å²) in [5, 5.41) is 2.08. The van der Waals surface area contributed by atoms with Crippen LogP contribution in [0.1, 0.15) is 36.6 Å². The fourth-order valence-electron chi connectivity index (χ4n) is 2.36. The maximum atomic E-state index is 6.16. The number of fused-ring (bicyclic) bond motifs is 1. The van der Waals surface area contributed by atoms with Crippen LogP contribution in [0.2, 0.25) is 5.02 Å². The molecule has 0 amide bonds. The van der Waals surface area contributed by atoms with E-state index in [0.29, 0.717) is 12.5 Å². The maximum absolute atomic E-state index is 6.16. The monoisotopic (exact) mass is 250 g/mol. The van der Waals surface area contributed by atoms with Gasteiger partial charge in [0.2, 0.25) is 0 Å². The van der Waals surface area contributed by atoms with Gasteiger partial charge in [-0.15, -0.1) is 0 Å². The van der Waals surface area contributed by atoms with Gasteiger partial charge < -0.3 is 10.7 Å². The Labute approximate surface area is 107 Å². The first-order valence-electron chi connectivity index (χ1n) is 6.05.